The van der Waals surface area contributed by atoms with Crippen LogP contribution in [0.25, 0.3) is 11.0 Å². The van der Waals surface area contributed by atoms with Crippen molar-refractivity contribution in [1.82, 2.24) is 13.1 Å². The molecule has 0 radical (unpaired) electrons. The number of rotatable bonds is 4. The molecule has 0 spiro atoms. The summed E-state index contributed by atoms with van der Waals surface area (Å²) in [6.07, 6.45) is 0. The van der Waals surface area contributed by atoms with Crippen molar-refractivity contribution in [1.29, 1.82) is 0 Å². The molecule has 2 aromatic heterocycles. The zero-order valence-corrected chi connectivity index (χ0v) is 13.0. The first-order valence-electron chi connectivity index (χ1n) is 5.79. The number of benzene rings is 1. The molecule has 0 aliphatic heterocycles. The van der Waals surface area contributed by atoms with Crippen LogP contribution < -0.4 is 0 Å². The van der Waals surface area contributed by atoms with Crippen LogP contribution in [-0.4, -0.2) is 28.5 Å². The number of hydrogen-bond donors (Lipinski definition) is 0. The normalized spacial score (nSPS) is 12.3. The van der Waals surface area contributed by atoms with Gasteiger partial charge < -0.3 is 0 Å². The van der Waals surface area contributed by atoms with Crippen molar-refractivity contribution < 1.29 is 8.42 Å². The minimum Gasteiger partial charge on any atom is -0.207 e. The molecule has 3 rings (SSSR count). The molecule has 0 unspecified atom stereocenters. The summed E-state index contributed by atoms with van der Waals surface area (Å²) in [6.45, 7) is 0.355. The van der Waals surface area contributed by atoms with E-state index < -0.39 is 10.0 Å². The molecule has 20 heavy (non-hydrogen) atoms. The van der Waals surface area contributed by atoms with Gasteiger partial charge in [-0.2, -0.15) is 13.1 Å². The van der Waals surface area contributed by atoms with Gasteiger partial charge in [-0.15, -0.1) is 11.3 Å². The van der Waals surface area contributed by atoms with E-state index >= 15 is 0 Å². The minimum absolute atomic E-state index is 0.211. The fourth-order valence-corrected chi connectivity index (χ4v) is 4.60. The average molecular weight is 325 g/mol. The van der Waals surface area contributed by atoms with Crippen LogP contribution in [0.4, 0.5) is 0 Å². The fourth-order valence-electron chi connectivity index (χ4n) is 1.86. The number of fused-ring (bicyclic) bond motifs is 1. The van der Waals surface area contributed by atoms with Crippen molar-refractivity contribution in [2.45, 2.75) is 11.4 Å². The molecule has 8 heteroatoms. The minimum atomic E-state index is -3.57. The molecule has 0 N–H and O–H groups in total. The Kier molecular flexibility index (Phi) is 3.55. The first kappa shape index (κ1) is 13.6. The van der Waals surface area contributed by atoms with Gasteiger partial charge in [0, 0.05) is 18.5 Å². The summed E-state index contributed by atoms with van der Waals surface area (Å²) in [6, 6.07) is 8.85. The highest BCUT2D eigenvalue weighted by atomic mass is 32.2. The highest BCUT2D eigenvalue weighted by Gasteiger charge is 2.24. The lowest BCUT2D eigenvalue weighted by Crippen LogP contribution is -2.26. The van der Waals surface area contributed by atoms with Crippen LogP contribution in [0, 0.1) is 0 Å². The van der Waals surface area contributed by atoms with Crippen molar-refractivity contribution in [2.24, 2.45) is 0 Å². The molecule has 1 aromatic carbocycles. The molecular weight excluding hydrogens is 314 g/mol. The lowest BCUT2D eigenvalue weighted by molar-refractivity contribution is 0.470. The monoisotopic (exact) mass is 325 g/mol. The third-order valence-corrected chi connectivity index (χ3v) is 6.13. The van der Waals surface area contributed by atoms with Crippen molar-refractivity contribution in [3.8, 4) is 0 Å². The first-order valence-corrected chi connectivity index (χ1v) is 8.84. The largest absolute Gasteiger partial charge is 0.245 e. The molecule has 0 saturated carbocycles. The first-order chi connectivity index (χ1) is 9.59. The summed E-state index contributed by atoms with van der Waals surface area (Å²) in [4.78, 5) is 1.21. The second kappa shape index (κ2) is 5.21. The molecule has 0 aliphatic carbocycles. The Morgan fingerprint density at radius 3 is 2.80 bits per heavy atom. The Hall–Kier alpha value is -1.35. The van der Waals surface area contributed by atoms with Crippen LogP contribution in [0.5, 0.6) is 0 Å². The van der Waals surface area contributed by atoms with Gasteiger partial charge in [0.2, 0.25) is 10.0 Å². The second-order valence-electron chi connectivity index (χ2n) is 4.23. The lowest BCUT2D eigenvalue weighted by atomic mass is 10.3. The van der Waals surface area contributed by atoms with Gasteiger partial charge in [-0.05, 0) is 23.6 Å². The zero-order valence-electron chi connectivity index (χ0n) is 10.6. The Bertz CT molecular complexity index is 825. The Morgan fingerprint density at radius 2 is 2.05 bits per heavy atom. The maximum atomic E-state index is 12.6. The summed E-state index contributed by atoms with van der Waals surface area (Å²) in [7, 11) is -1.99. The van der Waals surface area contributed by atoms with E-state index in [1.165, 1.54) is 15.6 Å². The van der Waals surface area contributed by atoms with Crippen molar-refractivity contribution in [3.63, 3.8) is 0 Å². The van der Waals surface area contributed by atoms with E-state index in [1.807, 2.05) is 17.5 Å². The molecule has 0 amide bonds. The summed E-state index contributed by atoms with van der Waals surface area (Å²) in [5.74, 6) is 0. The summed E-state index contributed by atoms with van der Waals surface area (Å²) in [5.41, 5.74) is 1.05. The molecule has 0 saturated heterocycles. The summed E-state index contributed by atoms with van der Waals surface area (Å²) < 4.78 is 34.8. The van der Waals surface area contributed by atoms with Gasteiger partial charge in [-0.25, -0.2) is 8.42 Å². The number of nitrogens with zero attached hydrogens (tertiary/aromatic N) is 3. The second-order valence-corrected chi connectivity index (χ2v) is 7.80. The smallest absolute Gasteiger partial charge is 0.207 e. The van der Waals surface area contributed by atoms with Gasteiger partial charge in [0.25, 0.3) is 0 Å². The number of sulfonamides is 1. The third-order valence-electron chi connectivity index (χ3n) is 2.90. The lowest BCUT2D eigenvalue weighted by Gasteiger charge is -2.16. The number of aromatic nitrogens is 2. The third kappa shape index (κ3) is 2.35. The van der Waals surface area contributed by atoms with Gasteiger partial charge in [0.1, 0.15) is 15.9 Å². The van der Waals surface area contributed by atoms with Crippen molar-refractivity contribution in [3.05, 3.63) is 40.6 Å². The van der Waals surface area contributed by atoms with E-state index in [2.05, 4.69) is 8.75 Å². The van der Waals surface area contributed by atoms with Crippen LogP contribution in [0.1, 0.15) is 4.88 Å². The van der Waals surface area contributed by atoms with E-state index in [0.717, 1.165) is 16.6 Å². The van der Waals surface area contributed by atoms with Gasteiger partial charge >= 0.3 is 0 Å². The highest BCUT2D eigenvalue weighted by Crippen LogP contribution is 2.25. The predicted octanol–water partition coefficient (Wildman–Crippen LogP) is 2.57. The summed E-state index contributed by atoms with van der Waals surface area (Å²) in [5, 5.41) is 1.93. The van der Waals surface area contributed by atoms with Crippen molar-refractivity contribution in [2.75, 3.05) is 7.05 Å². The SMILES string of the molecule is CN(Cc1cccs1)S(=O)(=O)c1cccc2nsnc12. The average Bonchev–Trinajstić information content (AvgIpc) is 3.07. The topological polar surface area (TPSA) is 63.2 Å². The molecule has 2 heterocycles. The molecular formula is C12H11N3O2S3. The Balaban J connectivity index is 2.01. The van der Waals surface area contributed by atoms with Crippen LogP contribution >= 0.6 is 23.1 Å². The highest BCUT2D eigenvalue weighted by molar-refractivity contribution is 7.89. The van der Waals surface area contributed by atoms with Gasteiger partial charge in [-0.1, -0.05) is 12.1 Å². The van der Waals surface area contributed by atoms with Crippen LogP contribution in [0.3, 0.4) is 0 Å². The molecule has 104 valence electrons. The number of thiophene rings is 1. The van der Waals surface area contributed by atoms with Crippen LogP contribution in [0.15, 0.2) is 40.6 Å². The van der Waals surface area contributed by atoms with Gasteiger partial charge in [0.05, 0.1) is 11.7 Å². The summed E-state index contributed by atoms with van der Waals surface area (Å²) >= 11 is 2.56. The fraction of sp³-hybridized carbons (Fsp3) is 0.167. The molecule has 0 atom stereocenters. The Morgan fingerprint density at radius 1 is 1.20 bits per heavy atom. The quantitative estimate of drug-likeness (QED) is 0.739. The molecule has 0 fully saturated rings. The molecule has 0 bridgehead atoms. The standard InChI is InChI=1S/C12H11N3O2S3/c1-15(8-9-4-3-7-18-9)20(16,17)11-6-2-5-10-12(11)14-19-13-10/h2-7H,8H2,1H3. The Labute approximate surface area is 124 Å². The number of hydrogen-bond acceptors (Lipinski definition) is 6. The zero-order chi connectivity index (χ0) is 14.2. The van der Waals surface area contributed by atoms with Crippen LogP contribution in [-0.2, 0) is 16.6 Å². The van der Waals surface area contributed by atoms with E-state index in [-0.39, 0.29) is 4.90 Å². The molecule has 3 aromatic rings. The van der Waals surface area contributed by atoms with Gasteiger partial charge in [0.15, 0.2) is 0 Å². The predicted molar refractivity (Wildman–Crippen MR) is 80.4 cm³/mol. The molecule has 0 aliphatic rings. The van der Waals surface area contributed by atoms with Gasteiger partial charge in [-0.3, -0.25) is 0 Å². The van der Waals surface area contributed by atoms with E-state index in [0.29, 0.717) is 17.6 Å². The molecule has 5 nitrogen and oxygen atoms in total. The van der Waals surface area contributed by atoms with Crippen molar-refractivity contribution >= 4 is 44.1 Å². The van der Waals surface area contributed by atoms with Crippen LogP contribution in [0.2, 0.25) is 0 Å². The maximum Gasteiger partial charge on any atom is 0.245 e. The maximum absolute atomic E-state index is 12.6. The van der Waals surface area contributed by atoms with E-state index in [9.17, 15) is 8.42 Å². The van der Waals surface area contributed by atoms with E-state index in [1.54, 1.807) is 25.2 Å². The van der Waals surface area contributed by atoms with E-state index in [4.69, 9.17) is 0 Å².